The minimum Gasteiger partial charge on any atom is -0.125 e. The molecule has 0 unspecified atom stereocenters. The lowest BCUT2D eigenvalue weighted by molar-refractivity contribution is 1.47. The van der Waals surface area contributed by atoms with Crippen LogP contribution >= 0.6 is 27.7 Å². The first-order chi connectivity index (χ1) is 6.90. The first-order valence-corrected chi connectivity index (χ1v) is 6.68. The van der Waals surface area contributed by atoms with Crippen molar-refractivity contribution in [2.75, 3.05) is 11.1 Å². The highest BCUT2D eigenvalue weighted by molar-refractivity contribution is 9.09. The molecule has 0 aliphatic rings. The zero-order chi connectivity index (χ0) is 9.80. The number of hydrogen-bond acceptors (Lipinski definition) is 1. The van der Waals surface area contributed by atoms with Crippen molar-refractivity contribution in [3.8, 4) is 0 Å². The molecule has 0 saturated heterocycles. The molecule has 0 spiro atoms. The second-order valence-electron chi connectivity index (χ2n) is 3.05. The SMILES string of the molecule is BrCCSc1ccc2ccccc2c1. The van der Waals surface area contributed by atoms with Crippen molar-refractivity contribution in [2.24, 2.45) is 0 Å². The number of rotatable bonds is 3. The van der Waals surface area contributed by atoms with E-state index >= 15 is 0 Å². The van der Waals surface area contributed by atoms with Crippen LogP contribution in [0.3, 0.4) is 0 Å². The van der Waals surface area contributed by atoms with E-state index in [4.69, 9.17) is 0 Å². The molecule has 2 aromatic carbocycles. The number of thioether (sulfide) groups is 1. The van der Waals surface area contributed by atoms with Crippen LogP contribution in [0.5, 0.6) is 0 Å². The fraction of sp³-hybridized carbons (Fsp3) is 0.167. The van der Waals surface area contributed by atoms with Crippen molar-refractivity contribution in [3.05, 3.63) is 42.5 Å². The standard InChI is InChI=1S/C12H11BrS/c13-7-8-14-12-6-5-10-3-1-2-4-11(10)9-12/h1-6,9H,7-8H2. The summed E-state index contributed by atoms with van der Waals surface area (Å²) in [7, 11) is 0. The minimum atomic E-state index is 1.05. The van der Waals surface area contributed by atoms with Crippen molar-refractivity contribution < 1.29 is 0 Å². The second-order valence-corrected chi connectivity index (χ2v) is 5.01. The van der Waals surface area contributed by atoms with Crippen LogP contribution in [0.2, 0.25) is 0 Å². The van der Waals surface area contributed by atoms with Gasteiger partial charge in [0, 0.05) is 16.0 Å². The smallest absolute Gasteiger partial charge is 0.0126 e. The van der Waals surface area contributed by atoms with Gasteiger partial charge in [-0.1, -0.05) is 46.3 Å². The van der Waals surface area contributed by atoms with Gasteiger partial charge < -0.3 is 0 Å². The highest BCUT2D eigenvalue weighted by atomic mass is 79.9. The Balaban J connectivity index is 2.32. The van der Waals surface area contributed by atoms with Crippen LogP contribution in [0.25, 0.3) is 10.8 Å². The summed E-state index contributed by atoms with van der Waals surface area (Å²) in [5.74, 6) is 1.12. The molecule has 2 aromatic rings. The molecule has 0 aromatic heterocycles. The molecule has 0 N–H and O–H groups in total. The highest BCUT2D eigenvalue weighted by Gasteiger charge is 1.95. The van der Waals surface area contributed by atoms with Crippen molar-refractivity contribution in [3.63, 3.8) is 0 Å². The Hall–Kier alpha value is -0.470. The Bertz CT molecular complexity index is 425. The molecule has 14 heavy (non-hydrogen) atoms. The fourth-order valence-corrected chi connectivity index (χ4v) is 2.59. The van der Waals surface area contributed by atoms with Crippen LogP contribution in [0, 0.1) is 0 Å². The molecule has 0 heterocycles. The molecule has 0 radical (unpaired) electrons. The number of hydrogen-bond donors (Lipinski definition) is 0. The Morgan fingerprint density at radius 1 is 1.00 bits per heavy atom. The van der Waals surface area contributed by atoms with Gasteiger partial charge in [0.2, 0.25) is 0 Å². The molecule has 2 heteroatoms. The average Bonchev–Trinajstić information content (AvgIpc) is 2.26. The molecule has 0 aliphatic heterocycles. The van der Waals surface area contributed by atoms with E-state index in [2.05, 4.69) is 58.4 Å². The molecule has 0 amide bonds. The first kappa shape index (κ1) is 10.1. The maximum absolute atomic E-state index is 3.44. The summed E-state index contributed by atoms with van der Waals surface area (Å²) in [6.07, 6.45) is 0. The zero-order valence-corrected chi connectivity index (χ0v) is 10.1. The number of benzene rings is 2. The normalized spacial score (nSPS) is 10.6. The molecule has 0 fully saturated rings. The first-order valence-electron chi connectivity index (χ1n) is 4.58. The number of fused-ring (bicyclic) bond motifs is 1. The van der Waals surface area contributed by atoms with E-state index in [-0.39, 0.29) is 0 Å². The van der Waals surface area contributed by atoms with Crippen molar-refractivity contribution in [2.45, 2.75) is 4.90 Å². The van der Waals surface area contributed by atoms with Crippen LogP contribution in [0.1, 0.15) is 0 Å². The number of alkyl halides is 1. The molecular weight excluding hydrogens is 256 g/mol. The average molecular weight is 267 g/mol. The zero-order valence-electron chi connectivity index (χ0n) is 7.74. The summed E-state index contributed by atoms with van der Waals surface area (Å²) in [4.78, 5) is 1.35. The van der Waals surface area contributed by atoms with Gasteiger partial charge in [0.1, 0.15) is 0 Å². The third kappa shape index (κ3) is 2.31. The van der Waals surface area contributed by atoms with Crippen molar-refractivity contribution in [1.82, 2.24) is 0 Å². The second kappa shape index (κ2) is 4.85. The van der Waals surface area contributed by atoms with E-state index in [0.29, 0.717) is 0 Å². The molecule has 72 valence electrons. The topological polar surface area (TPSA) is 0 Å². The van der Waals surface area contributed by atoms with Crippen LogP contribution < -0.4 is 0 Å². The molecule has 0 saturated carbocycles. The quantitative estimate of drug-likeness (QED) is 0.589. The predicted octanol–water partition coefficient (Wildman–Crippen LogP) is 4.33. The van der Waals surface area contributed by atoms with E-state index in [0.717, 1.165) is 11.1 Å². The summed E-state index contributed by atoms with van der Waals surface area (Å²) < 4.78 is 0. The van der Waals surface area contributed by atoms with E-state index in [9.17, 15) is 0 Å². The van der Waals surface area contributed by atoms with Crippen LogP contribution in [-0.4, -0.2) is 11.1 Å². The van der Waals surface area contributed by atoms with Gasteiger partial charge in [-0.2, -0.15) is 0 Å². The van der Waals surface area contributed by atoms with E-state index in [1.807, 2.05) is 11.8 Å². The maximum atomic E-state index is 3.44. The molecular formula is C12H11BrS. The van der Waals surface area contributed by atoms with Gasteiger partial charge in [-0.15, -0.1) is 11.8 Å². The number of halogens is 1. The molecule has 2 rings (SSSR count). The van der Waals surface area contributed by atoms with Gasteiger partial charge in [0.25, 0.3) is 0 Å². The van der Waals surface area contributed by atoms with Gasteiger partial charge in [0.15, 0.2) is 0 Å². The van der Waals surface area contributed by atoms with Crippen LogP contribution in [0.15, 0.2) is 47.4 Å². The molecule has 0 atom stereocenters. The summed E-state index contributed by atoms with van der Waals surface area (Å²) in [6.45, 7) is 0. The van der Waals surface area contributed by atoms with E-state index in [1.165, 1.54) is 15.7 Å². The van der Waals surface area contributed by atoms with Gasteiger partial charge in [-0.05, 0) is 22.9 Å². The highest BCUT2D eigenvalue weighted by Crippen LogP contribution is 2.23. The Morgan fingerprint density at radius 2 is 1.79 bits per heavy atom. The predicted molar refractivity (Wildman–Crippen MR) is 68.5 cm³/mol. The third-order valence-electron chi connectivity index (χ3n) is 2.07. The summed E-state index contributed by atoms with van der Waals surface area (Å²) in [5.41, 5.74) is 0. The lowest BCUT2D eigenvalue weighted by Crippen LogP contribution is -1.79. The lowest BCUT2D eigenvalue weighted by Gasteiger charge is -2.01. The van der Waals surface area contributed by atoms with Crippen molar-refractivity contribution >= 4 is 38.5 Å². The minimum absolute atomic E-state index is 1.05. The van der Waals surface area contributed by atoms with Crippen LogP contribution in [-0.2, 0) is 0 Å². The summed E-state index contributed by atoms with van der Waals surface area (Å²) in [5, 5.41) is 3.69. The van der Waals surface area contributed by atoms with E-state index < -0.39 is 0 Å². The Kier molecular flexibility index (Phi) is 3.49. The van der Waals surface area contributed by atoms with Gasteiger partial charge in [0.05, 0.1) is 0 Å². The maximum Gasteiger partial charge on any atom is 0.0126 e. The fourth-order valence-electron chi connectivity index (χ4n) is 1.41. The molecule has 0 aliphatic carbocycles. The third-order valence-corrected chi connectivity index (χ3v) is 3.98. The van der Waals surface area contributed by atoms with Crippen molar-refractivity contribution in [1.29, 1.82) is 0 Å². The van der Waals surface area contributed by atoms with Gasteiger partial charge in [-0.25, -0.2) is 0 Å². The van der Waals surface area contributed by atoms with E-state index in [1.54, 1.807) is 0 Å². The Morgan fingerprint density at radius 3 is 2.57 bits per heavy atom. The monoisotopic (exact) mass is 266 g/mol. The lowest BCUT2D eigenvalue weighted by atomic mass is 10.1. The molecule has 0 nitrogen and oxygen atoms in total. The summed E-state index contributed by atoms with van der Waals surface area (Å²) in [6, 6.07) is 15.1. The van der Waals surface area contributed by atoms with Gasteiger partial charge >= 0.3 is 0 Å². The van der Waals surface area contributed by atoms with Crippen LogP contribution in [0.4, 0.5) is 0 Å². The largest absolute Gasteiger partial charge is 0.125 e. The Labute approximate surface area is 96.8 Å². The molecule has 0 bridgehead atoms. The summed E-state index contributed by atoms with van der Waals surface area (Å²) >= 11 is 5.32. The van der Waals surface area contributed by atoms with Gasteiger partial charge in [-0.3, -0.25) is 0 Å².